The molecule has 2 heterocycles. The molecule has 0 saturated carbocycles. The van der Waals surface area contributed by atoms with Crippen LogP contribution in [-0.4, -0.2) is 39.2 Å². The molecule has 5 atom stereocenters. The topological polar surface area (TPSA) is 96.7 Å². The number of allylic oxidation sites excluding steroid dienone is 1. The Balaban J connectivity index is 1.91. The summed E-state index contributed by atoms with van der Waals surface area (Å²) in [5.74, 6) is -2.26. The third-order valence-corrected chi connectivity index (χ3v) is 8.08. The van der Waals surface area contributed by atoms with E-state index in [0.29, 0.717) is 18.4 Å². The van der Waals surface area contributed by atoms with E-state index in [2.05, 4.69) is 4.98 Å². The maximum Gasteiger partial charge on any atom is 0.309 e. The second-order valence-electron chi connectivity index (χ2n) is 10.3. The molecule has 8 heteroatoms. The highest BCUT2D eigenvalue weighted by atomic mass is 32.1. The maximum absolute atomic E-state index is 14.6. The van der Waals surface area contributed by atoms with Crippen LogP contribution in [0.1, 0.15) is 76.5 Å². The molecule has 2 aromatic rings. The van der Waals surface area contributed by atoms with Gasteiger partial charge in [0.15, 0.2) is 0 Å². The van der Waals surface area contributed by atoms with Gasteiger partial charge in [-0.05, 0) is 55.9 Å². The quantitative estimate of drug-likeness (QED) is 0.490. The molecule has 1 aliphatic rings. The second kappa shape index (κ2) is 11.3. The molecule has 0 spiro atoms. The Morgan fingerprint density at radius 3 is 2.63 bits per heavy atom. The van der Waals surface area contributed by atoms with Gasteiger partial charge in [0.05, 0.1) is 45.1 Å². The predicted octanol–water partition coefficient (Wildman–Crippen LogP) is 5.60. The first-order chi connectivity index (χ1) is 16.4. The van der Waals surface area contributed by atoms with E-state index in [4.69, 9.17) is 4.74 Å². The molecule has 0 unspecified atom stereocenters. The number of cyclic esters (lactones) is 1. The van der Waals surface area contributed by atoms with E-state index >= 15 is 0 Å². The fraction of sp³-hybridized carbons (Fsp3) is 0.593. The lowest BCUT2D eigenvalue weighted by Gasteiger charge is -2.34. The Bertz CT molecular complexity index is 1090. The Morgan fingerprint density at radius 2 is 1.91 bits per heavy atom. The summed E-state index contributed by atoms with van der Waals surface area (Å²) >= 11 is 1.56. The third kappa shape index (κ3) is 6.54. The highest BCUT2D eigenvalue weighted by Gasteiger charge is 2.42. The van der Waals surface area contributed by atoms with Gasteiger partial charge in [-0.1, -0.05) is 33.8 Å². The van der Waals surface area contributed by atoms with E-state index in [9.17, 15) is 24.2 Å². The van der Waals surface area contributed by atoms with Gasteiger partial charge in [-0.3, -0.25) is 9.59 Å². The summed E-state index contributed by atoms with van der Waals surface area (Å²) in [6.45, 7) is 8.55. The molecule has 0 aliphatic carbocycles. The van der Waals surface area contributed by atoms with Crippen molar-refractivity contribution in [3.05, 3.63) is 40.7 Å². The number of esters is 1. The number of halogens is 1. The number of benzene rings is 1. The zero-order chi connectivity index (χ0) is 25.9. The van der Waals surface area contributed by atoms with Crippen molar-refractivity contribution in [2.24, 2.45) is 17.3 Å². The molecule has 0 amide bonds. The molecule has 0 radical (unpaired) electrons. The van der Waals surface area contributed by atoms with Gasteiger partial charge >= 0.3 is 5.97 Å². The molecular formula is C27H36FNO5S. The first kappa shape index (κ1) is 27.4. The Morgan fingerprint density at radius 1 is 1.20 bits per heavy atom. The first-order valence-corrected chi connectivity index (χ1v) is 13.0. The summed E-state index contributed by atoms with van der Waals surface area (Å²) in [4.78, 5) is 30.5. The van der Waals surface area contributed by atoms with Crippen LogP contribution in [0, 0.1) is 24.2 Å². The number of aliphatic hydroxyl groups excluding tert-OH is 2. The van der Waals surface area contributed by atoms with Gasteiger partial charge < -0.3 is 14.9 Å². The van der Waals surface area contributed by atoms with Crippen LogP contribution in [0.15, 0.2) is 30.1 Å². The largest absolute Gasteiger partial charge is 0.457 e. The van der Waals surface area contributed by atoms with Crippen molar-refractivity contribution >= 4 is 33.3 Å². The normalized spacial score (nSPS) is 31.1. The zero-order valence-electron chi connectivity index (χ0n) is 21.1. The number of ether oxygens (including phenoxy) is 1. The van der Waals surface area contributed by atoms with Crippen LogP contribution in [0.5, 0.6) is 0 Å². The van der Waals surface area contributed by atoms with E-state index in [1.165, 1.54) is 6.08 Å². The Labute approximate surface area is 210 Å². The lowest BCUT2D eigenvalue weighted by atomic mass is 9.73. The number of Topliss-reactive ketones (excluding diaryl/α,β-unsaturated/α-hetero) is 1. The van der Waals surface area contributed by atoms with Gasteiger partial charge in [0.1, 0.15) is 11.9 Å². The van der Waals surface area contributed by atoms with Crippen molar-refractivity contribution in [3.8, 4) is 0 Å². The lowest BCUT2D eigenvalue weighted by Crippen LogP contribution is -2.45. The highest BCUT2D eigenvalue weighted by molar-refractivity contribution is 7.18. The number of fused-ring (bicyclic) bond motifs is 1. The lowest BCUT2D eigenvalue weighted by molar-refractivity contribution is -0.155. The fourth-order valence-electron chi connectivity index (χ4n) is 4.63. The molecule has 3 rings (SSSR count). The third-order valence-electron chi connectivity index (χ3n) is 7.13. The van der Waals surface area contributed by atoms with E-state index in [1.54, 1.807) is 32.1 Å². The minimum absolute atomic E-state index is 0.139. The number of aromatic nitrogens is 1. The Kier molecular flexibility index (Phi) is 8.83. The van der Waals surface area contributed by atoms with E-state index in [-0.39, 0.29) is 30.4 Å². The number of nitrogens with zero attached hydrogens (tertiary/aromatic N) is 1. The molecule has 35 heavy (non-hydrogen) atoms. The number of ketones is 1. The summed E-state index contributed by atoms with van der Waals surface area (Å²) in [6, 6.07) is 5.60. The van der Waals surface area contributed by atoms with E-state index < -0.39 is 42.0 Å². The van der Waals surface area contributed by atoms with E-state index in [0.717, 1.165) is 15.2 Å². The van der Waals surface area contributed by atoms with Crippen LogP contribution in [0.25, 0.3) is 10.2 Å². The summed E-state index contributed by atoms with van der Waals surface area (Å²) in [6.07, 6.45) is -0.506. The molecule has 1 aromatic carbocycles. The number of hydrogen-bond donors (Lipinski definition) is 2. The van der Waals surface area contributed by atoms with Crippen molar-refractivity contribution in [3.63, 3.8) is 0 Å². The highest BCUT2D eigenvalue weighted by Crippen LogP contribution is 2.34. The summed E-state index contributed by atoms with van der Waals surface area (Å²) in [5.41, 5.74) is 0.219. The van der Waals surface area contributed by atoms with Crippen LogP contribution in [0.4, 0.5) is 4.39 Å². The molecule has 0 saturated heterocycles. The summed E-state index contributed by atoms with van der Waals surface area (Å²) < 4.78 is 21.3. The summed E-state index contributed by atoms with van der Waals surface area (Å²) in [7, 11) is 0. The van der Waals surface area contributed by atoms with Crippen LogP contribution < -0.4 is 0 Å². The molecule has 192 valence electrons. The van der Waals surface area contributed by atoms with Gasteiger partial charge in [0, 0.05) is 12.3 Å². The summed E-state index contributed by atoms with van der Waals surface area (Å²) in [5, 5.41) is 22.4. The number of carbonyl (C=O) groups excluding carboxylic acids is 2. The van der Waals surface area contributed by atoms with Gasteiger partial charge in [0.2, 0.25) is 0 Å². The number of thiazole rings is 1. The van der Waals surface area contributed by atoms with E-state index in [1.807, 2.05) is 32.0 Å². The van der Waals surface area contributed by atoms with Crippen molar-refractivity contribution in [2.45, 2.75) is 85.0 Å². The smallest absolute Gasteiger partial charge is 0.309 e. The van der Waals surface area contributed by atoms with Gasteiger partial charge in [-0.25, -0.2) is 9.37 Å². The molecule has 2 N–H and O–H groups in total. The number of hydrogen-bond acceptors (Lipinski definition) is 7. The van der Waals surface area contributed by atoms with Crippen LogP contribution in [0.3, 0.4) is 0 Å². The number of carbonyl (C=O) groups is 2. The molecule has 6 nitrogen and oxygen atoms in total. The molecule has 1 aliphatic heterocycles. The molecular weight excluding hydrogens is 469 g/mol. The average molecular weight is 506 g/mol. The monoisotopic (exact) mass is 505 g/mol. The maximum atomic E-state index is 14.6. The number of aryl methyl sites for hydroxylation is 1. The number of rotatable bonds is 1. The SMILES string of the molecule is Cc1nc2cc([C@@H]3C/C=C(/F)CCC[C@H](C)[C@H](O)[C@@H](C)C(=O)C(C)(C)[C@H](O)CC(=O)O3)ccc2s1. The van der Waals surface area contributed by atoms with Gasteiger partial charge in [-0.2, -0.15) is 0 Å². The van der Waals surface area contributed by atoms with Gasteiger partial charge in [-0.15, -0.1) is 11.3 Å². The standard InChI is InChI=1S/C27H36FNO5S/c1-15-7-6-8-19(28)10-11-21(18-9-12-22-20(13-18)29-17(3)35-22)34-24(31)14-23(30)27(4,5)26(33)16(2)25(15)32/h9-10,12-13,15-16,21,23,25,30,32H,6-8,11,14H2,1-5H3/b19-10+/t15-,16+,21-,23+,25-/m0/s1. The van der Waals surface area contributed by atoms with Crippen molar-refractivity contribution in [1.82, 2.24) is 4.98 Å². The number of aliphatic hydroxyl groups is 2. The predicted molar refractivity (Wildman–Crippen MR) is 135 cm³/mol. The minimum Gasteiger partial charge on any atom is -0.457 e. The van der Waals surface area contributed by atoms with Crippen LogP contribution >= 0.6 is 11.3 Å². The Hall–Kier alpha value is -2.16. The fourth-order valence-corrected chi connectivity index (χ4v) is 5.44. The first-order valence-electron chi connectivity index (χ1n) is 12.2. The van der Waals surface area contributed by atoms with Crippen molar-refractivity contribution in [2.75, 3.05) is 0 Å². The zero-order valence-corrected chi connectivity index (χ0v) is 21.9. The minimum atomic E-state index is -1.29. The molecule has 1 aromatic heterocycles. The molecule has 0 fully saturated rings. The van der Waals surface area contributed by atoms with Crippen molar-refractivity contribution < 1.29 is 28.9 Å². The van der Waals surface area contributed by atoms with Gasteiger partial charge in [0.25, 0.3) is 0 Å². The molecule has 0 bridgehead atoms. The second-order valence-corrected chi connectivity index (χ2v) is 11.5. The van der Waals surface area contributed by atoms with Crippen LogP contribution in [-0.2, 0) is 14.3 Å². The van der Waals surface area contributed by atoms with Crippen LogP contribution in [0.2, 0.25) is 0 Å². The van der Waals surface area contributed by atoms with Crippen molar-refractivity contribution in [1.29, 1.82) is 0 Å². The average Bonchev–Trinajstić information content (AvgIpc) is 3.18.